The zero-order valence-corrected chi connectivity index (χ0v) is 12.4. The molecule has 2 rings (SSSR count). The number of nitrogens with zero attached hydrogens (tertiary/aromatic N) is 1. The van der Waals surface area contributed by atoms with E-state index in [2.05, 4.69) is 26.2 Å². The molecule has 0 radical (unpaired) electrons. The van der Waals surface area contributed by atoms with Gasteiger partial charge in [0.1, 0.15) is 5.82 Å². The Labute approximate surface area is 125 Å². The Morgan fingerprint density at radius 2 is 2.32 bits per heavy atom. The standard InChI is InChI=1S/C11H7BrClFN2O2S/c12-7-1-5(10(17)18)2-8(14)9(7)15-3-6-4-16-11(13)19-6/h1-2,4,15H,3H2,(H,17,18). The highest BCUT2D eigenvalue weighted by molar-refractivity contribution is 9.10. The Balaban J connectivity index is 2.18. The summed E-state index contributed by atoms with van der Waals surface area (Å²) in [4.78, 5) is 15.5. The lowest BCUT2D eigenvalue weighted by Crippen LogP contribution is -2.04. The van der Waals surface area contributed by atoms with E-state index in [1.807, 2.05) is 0 Å². The maximum Gasteiger partial charge on any atom is 0.335 e. The molecule has 0 saturated heterocycles. The van der Waals surface area contributed by atoms with E-state index < -0.39 is 11.8 Å². The predicted octanol–water partition coefficient (Wildman–Crippen LogP) is 4.01. The van der Waals surface area contributed by atoms with Gasteiger partial charge in [0.05, 0.1) is 17.8 Å². The molecule has 1 aromatic heterocycles. The summed E-state index contributed by atoms with van der Waals surface area (Å²) in [5.74, 6) is -1.82. The number of rotatable bonds is 4. The number of aromatic nitrogens is 1. The van der Waals surface area contributed by atoms with Gasteiger partial charge in [-0.3, -0.25) is 0 Å². The van der Waals surface area contributed by atoms with Crippen LogP contribution >= 0.6 is 38.9 Å². The lowest BCUT2D eigenvalue weighted by atomic mass is 10.2. The molecule has 1 aromatic carbocycles. The maximum absolute atomic E-state index is 13.8. The molecular formula is C11H7BrClFN2O2S. The van der Waals surface area contributed by atoms with Gasteiger partial charge in [0.15, 0.2) is 4.47 Å². The van der Waals surface area contributed by atoms with E-state index in [1.54, 1.807) is 6.20 Å². The lowest BCUT2D eigenvalue weighted by Gasteiger charge is -2.09. The van der Waals surface area contributed by atoms with Gasteiger partial charge in [0, 0.05) is 15.5 Å². The van der Waals surface area contributed by atoms with Gasteiger partial charge in [-0.1, -0.05) is 11.6 Å². The molecule has 0 aliphatic rings. The topological polar surface area (TPSA) is 62.2 Å². The molecule has 100 valence electrons. The van der Waals surface area contributed by atoms with Gasteiger partial charge >= 0.3 is 5.97 Å². The minimum absolute atomic E-state index is 0.115. The number of nitrogens with one attached hydrogen (secondary N) is 1. The minimum atomic E-state index is -1.18. The van der Waals surface area contributed by atoms with Gasteiger partial charge < -0.3 is 10.4 Å². The van der Waals surface area contributed by atoms with Gasteiger partial charge in [-0.2, -0.15) is 0 Å². The smallest absolute Gasteiger partial charge is 0.335 e. The second-order valence-corrected chi connectivity index (χ2v) is 6.10. The maximum atomic E-state index is 13.8. The number of anilines is 1. The van der Waals surface area contributed by atoms with Crippen molar-refractivity contribution in [3.05, 3.63) is 43.5 Å². The third-order valence-corrected chi connectivity index (χ3v) is 3.99. The zero-order chi connectivity index (χ0) is 14.0. The van der Waals surface area contributed by atoms with Crippen LogP contribution in [0.1, 0.15) is 15.2 Å². The van der Waals surface area contributed by atoms with Crippen molar-refractivity contribution < 1.29 is 14.3 Å². The first kappa shape index (κ1) is 14.2. The average molecular weight is 366 g/mol. The van der Waals surface area contributed by atoms with Crippen LogP contribution in [0, 0.1) is 5.82 Å². The van der Waals surface area contributed by atoms with Crippen molar-refractivity contribution >= 4 is 50.5 Å². The molecule has 0 atom stereocenters. The molecule has 0 bridgehead atoms. The molecule has 2 N–H and O–H groups in total. The molecule has 8 heteroatoms. The molecule has 4 nitrogen and oxygen atoms in total. The van der Waals surface area contributed by atoms with Crippen LogP contribution in [0.3, 0.4) is 0 Å². The SMILES string of the molecule is O=C(O)c1cc(F)c(NCc2cnc(Cl)s2)c(Br)c1. The largest absolute Gasteiger partial charge is 0.478 e. The summed E-state index contributed by atoms with van der Waals surface area (Å²) in [5, 5.41) is 11.7. The number of hydrogen-bond acceptors (Lipinski definition) is 4. The highest BCUT2D eigenvalue weighted by Gasteiger charge is 2.13. The van der Waals surface area contributed by atoms with Crippen molar-refractivity contribution in [2.24, 2.45) is 0 Å². The monoisotopic (exact) mass is 364 g/mol. The average Bonchev–Trinajstić information content (AvgIpc) is 2.73. The molecule has 0 unspecified atom stereocenters. The Hall–Kier alpha value is -1.18. The minimum Gasteiger partial charge on any atom is -0.478 e. The van der Waals surface area contributed by atoms with Crippen molar-refractivity contribution in [2.75, 3.05) is 5.32 Å². The van der Waals surface area contributed by atoms with E-state index in [0.29, 0.717) is 15.5 Å². The summed E-state index contributed by atoms with van der Waals surface area (Å²) in [7, 11) is 0. The third kappa shape index (κ3) is 3.43. The summed E-state index contributed by atoms with van der Waals surface area (Å²) >= 11 is 10.1. The molecule has 0 fully saturated rings. The Bertz CT molecular complexity index is 612. The molecule has 1 heterocycles. The molecule has 0 saturated carbocycles. The van der Waals surface area contributed by atoms with E-state index >= 15 is 0 Å². The van der Waals surface area contributed by atoms with E-state index in [1.165, 1.54) is 17.4 Å². The Kier molecular flexibility index (Phi) is 4.38. The number of benzene rings is 1. The first-order valence-electron chi connectivity index (χ1n) is 5.04. The van der Waals surface area contributed by atoms with E-state index in [9.17, 15) is 9.18 Å². The highest BCUT2D eigenvalue weighted by Crippen LogP contribution is 2.28. The fraction of sp³-hybridized carbons (Fsp3) is 0.0909. The van der Waals surface area contributed by atoms with E-state index in [0.717, 1.165) is 10.9 Å². The quantitative estimate of drug-likeness (QED) is 0.859. The van der Waals surface area contributed by atoms with Crippen molar-refractivity contribution in [1.29, 1.82) is 0 Å². The van der Waals surface area contributed by atoms with Gasteiger partial charge in [0.25, 0.3) is 0 Å². The number of hydrogen-bond donors (Lipinski definition) is 2. The van der Waals surface area contributed by atoms with E-state index in [-0.39, 0.29) is 11.3 Å². The van der Waals surface area contributed by atoms with Gasteiger partial charge in [-0.25, -0.2) is 14.2 Å². The zero-order valence-electron chi connectivity index (χ0n) is 9.28. The van der Waals surface area contributed by atoms with Crippen LogP contribution in [0.5, 0.6) is 0 Å². The van der Waals surface area contributed by atoms with Crippen LogP contribution in [0.4, 0.5) is 10.1 Å². The summed E-state index contributed by atoms with van der Waals surface area (Å²) in [6.07, 6.45) is 1.59. The molecule has 0 aliphatic carbocycles. The second kappa shape index (κ2) is 5.85. The fourth-order valence-electron chi connectivity index (χ4n) is 1.41. The second-order valence-electron chi connectivity index (χ2n) is 3.55. The molecule has 0 spiro atoms. The lowest BCUT2D eigenvalue weighted by molar-refractivity contribution is 0.0696. The molecule has 19 heavy (non-hydrogen) atoms. The van der Waals surface area contributed by atoms with Gasteiger partial charge in [-0.05, 0) is 28.1 Å². The van der Waals surface area contributed by atoms with Crippen molar-refractivity contribution in [2.45, 2.75) is 6.54 Å². The first-order valence-corrected chi connectivity index (χ1v) is 7.02. The van der Waals surface area contributed by atoms with Crippen LogP contribution in [-0.2, 0) is 6.54 Å². The fourth-order valence-corrected chi connectivity index (χ4v) is 2.90. The van der Waals surface area contributed by atoms with Crippen LogP contribution in [0.15, 0.2) is 22.8 Å². The summed E-state index contributed by atoms with van der Waals surface area (Å²) in [6, 6.07) is 2.31. The van der Waals surface area contributed by atoms with Crippen molar-refractivity contribution in [1.82, 2.24) is 4.98 Å². The van der Waals surface area contributed by atoms with Gasteiger partial charge in [0.2, 0.25) is 0 Å². The summed E-state index contributed by atoms with van der Waals surface area (Å²) < 4.78 is 14.5. The van der Waals surface area contributed by atoms with E-state index in [4.69, 9.17) is 16.7 Å². The van der Waals surface area contributed by atoms with Gasteiger partial charge in [-0.15, -0.1) is 11.3 Å². The molecule has 0 aliphatic heterocycles. The van der Waals surface area contributed by atoms with Crippen LogP contribution < -0.4 is 5.32 Å². The molecule has 2 aromatic rings. The molecule has 0 amide bonds. The number of carboxylic acids is 1. The van der Waals surface area contributed by atoms with Crippen LogP contribution in [0.2, 0.25) is 4.47 Å². The number of carbonyl (C=O) groups is 1. The molecular weight excluding hydrogens is 359 g/mol. The number of thiazole rings is 1. The van der Waals surface area contributed by atoms with Crippen LogP contribution in [-0.4, -0.2) is 16.1 Å². The predicted molar refractivity (Wildman–Crippen MR) is 75.5 cm³/mol. The summed E-state index contributed by atoms with van der Waals surface area (Å²) in [5.41, 5.74) is 0.0882. The normalized spacial score (nSPS) is 10.5. The number of carboxylic acid groups (broad SMARTS) is 1. The first-order chi connectivity index (χ1) is 8.97. The Morgan fingerprint density at radius 1 is 1.58 bits per heavy atom. The third-order valence-electron chi connectivity index (χ3n) is 2.25. The van der Waals surface area contributed by atoms with Crippen molar-refractivity contribution in [3.63, 3.8) is 0 Å². The highest BCUT2D eigenvalue weighted by atomic mass is 79.9. The number of aromatic carboxylic acids is 1. The number of halogens is 3. The van der Waals surface area contributed by atoms with Crippen LogP contribution in [0.25, 0.3) is 0 Å². The van der Waals surface area contributed by atoms with Crippen molar-refractivity contribution in [3.8, 4) is 0 Å². The Morgan fingerprint density at radius 3 is 2.84 bits per heavy atom. The summed E-state index contributed by atoms with van der Waals surface area (Å²) in [6.45, 7) is 0.353.